The van der Waals surface area contributed by atoms with Crippen LogP contribution < -0.4 is 5.32 Å². The fraction of sp³-hybridized carbons (Fsp3) is 0.500. The largest absolute Gasteiger partial charge is 0.462 e. The number of nitrogens with zero attached hydrogens (tertiary/aromatic N) is 2. The van der Waals surface area contributed by atoms with Gasteiger partial charge in [-0.3, -0.25) is 9.69 Å². The van der Waals surface area contributed by atoms with Crippen molar-refractivity contribution in [2.24, 2.45) is 0 Å². The zero-order chi connectivity index (χ0) is 15.9. The summed E-state index contributed by atoms with van der Waals surface area (Å²) in [6, 6.07) is 4.04. The average Bonchev–Trinajstić information content (AvgIpc) is 3.17. The van der Waals surface area contributed by atoms with E-state index in [4.69, 9.17) is 4.42 Å². The highest BCUT2D eigenvalue weighted by Gasteiger charge is 2.13. The lowest BCUT2D eigenvalue weighted by molar-refractivity contribution is -0.120. The summed E-state index contributed by atoms with van der Waals surface area (Å²) in [6.07, 6.45) is 1.93. The maximum absolute atomic E-state index is 12.0. The SMILES string of the molecule is CCN(CC)[C@H](C)CNC(=O)Cc1csc(-c2ccco2)n1. The molecule has 0 saturated carbocycles. The summed E-state index contributed by atoms with van der Waals surface area (Å²) in [5.41, 5.74) is 0.782. The van der Waals surface area contributed by atoms with Crippen molar-refractivity contribution in [3.63, 3.8) is 0 Å². The Morgan fingerprint density at radius 1 is 1.45 bits per heavy atom. The normalized spacial score (nSPS) is 12.5. The second-order valence-corrected chi connectivity index (χ2v) is 6.03. The number of carbonyl (C=O) groups is 1. The Balaban J connectivity index is 1.82. The first kappa shape index (κ1) is 16.7. The van der Waals surface area contributed by atoms with Crippen LogP contribution >= 0.6 is 11.3 Å². The summed E-state index contributed by atoms with van der Waals surface area (Å²) in [5, 5.41) is 5.70. The number of carbonyl (C=O) groups excluding carboxylic acids is 1. The molecule has 1 amide bonds. The molecule has 2 aromatic rings. The molecule has 1 atom stereocenters. The predicted octanol–water partition coefficient (Wildman–Crippen LogP) is 2.79. The van der Waals surface area contributed by atoms with Gasteiger partial charge in [0.2, 0.25) is 5.91 Å². The van der Waals surface area contributed by atoms with E-state index in [-0.39, 0.29) is 5.91 Å². The van der Waals surface area contributed by atoms with Crippen molar-refractivity contribution in [2.45, 2.75) is 33.2 Å². The smallest absolute Gasteiger partial charge is 0.226 e. The van der Waals surface area contributed by atoms with Crippen molar-refractivity contribution in [3.8, 4) is 10.8 Å². The second kappa shape index (κ2) is 8.10. The van der Waals surface area contributed by atoms with Gasteiger partial charge in [0.15, 0.2) is 10.8 Å². The maximum Gasteiger partial charge on any atom is 0.226 e. The topological polar surface area (TPSA) is 58.4 Å². The summed E-state index contributed by atoms with van der Waals surface area (Å²) < 4.78 is 5.31. The molecule has 120 valence electrons. The molecule has 0 fully saturated rings. The fourth-order valence-electron chi connectivity index (χ4n) is 2.37. The van der Waals surface area contributed by atoms with Crippen LogP contribution in [0.15, 0.2) is 28.2 Å². The number of rotatable bonds is 8. The molecule has 0 aliphatic rings. The van der Waals surface area contributed by atoms with Crippen molar-refractivity contribution < 1.29 is 9.21 Å². The molecule has 0 unspecified atom stereocenters. The Kier molecular flexibility index (Phi) is 6.15. The molecular formula is C16H23N3O2S. The molecule has 22 heavy (non-hydrogen) atoms. The molecule has 0 radical (unpaired) electrons. The van der Waals surface area contributed by atoms with Gasteiger partial charge in [0, 0.05) is 18.0 Å². The second-order valence-electron chi connectivity index (χ2n) is 5.17. The van der Waals surface area contributed by atoms with Crippen LogP contribution in [0.4, 0.5) is 0 Å². The predicted molar refractivity (Wildman–Crippen MR) is 88.9 cm³/mol. The molecule has 2 rings (SSSR count). The fourth-order valence-corrected chi connectivity index (χ4v) is 3.15. The van der Waals surface area contributed by atoms with Crippen LogP contribution in [0.3, 0.4) is 0 Å². The van der Waals surface area contributed by atoms with Gasteiger partial charge in [-0.25, -0.2) is 4.98 Å². The summed E-state index contributed by atoms with van der Waals surface area (Å²) >= 11 is 1.49. The van der Waals surface area contributed by atoms with Gasteiger partial charge in [-0.2, -0.15) is 0 Å². The number of hydrogen-bond donors (Lipinski definition) is 1. The number of furan rings is 1. The van der Waals surface area contributed by atoms with Crippen molar-refractivity contribution >= 4 is 17.2 Å². The van der Waals surface area contributed by atoms with Gasteiger partial charge < -0.3 is 9.73 Å². The molecule has 0 spiro atoms. The van der Waals surface area contributed by atoms with Crippen molar-refractivity contribution in [2.75, 3.05) is 19.6 Å². The molecule has 0 aromatic carbocycles. The lowest BCUT2D eigenvalue weighted by Crippen LogP contribution is -2.42. The van der Waals surface area contributed by atoms with Crippen LogP contribution in [0.2, 0.25) is 0 Å². The summed E-state index contributed by atoms with van der Waals surface area (Å²) in [4.78, 5) is 18.8. The number of nitrogens with one attached hydrogen (secondary N) is 1. The van der Waals surface area contributed by atoms with Crippen LogP contribution in [-0.4, -0.2) is 41.5 Å². The van der Waals surface area contributed by atoms with Crippen LogP contribution in [0.5, 0.6) is 0 Å². The van der Waals surface area contributed by atoms with E-state index in [0.29, 0.717) is 19.0 Å². The third kappa shape index (κ3) is 4.42. The van der Waals surface area contributed by atoms with Gasteiger partial charge in [-0.05, 0) is 32.1 Å². The number of likely N-dealkylation sites (N-methyl/N-ethyl adjacent to an activating group) is 1. The van der Waals surface area contributed by atoms with Crippen LogP contribution in [0.1, 0.15) is 26.5 Å². The molecule has 0 bridgehead atoms. The highest BCUT2D eigenvalue weighted by Crippen LogP contribution is 2.23. The molecule has 1 N–H and O–H groups in total. The summed E-state index contributed by atoms with van der Waals surface area (Å²) in [5.74, 6) is 0.752. The molecule has 0 aliphatic carbocycles. The molecule has 2 heterocycles. The lowest BCUT2D eigenvalue weighted by atomic mass is 10.2. The Hall–Kier alpha value is -1.66. The van der Waals surface area contributed by atoms with Gasteiger partial charge in [-0.15, -0.1) is 11.3 Å². The Labute approximate surface area is 135 Å². The van der Waals surface area contributed by atoms with Crippen LogP contribution in [-0.2, 0) is 11.2 Å². The van der Waals surface area contributed by atoms with Crippen molar-refractivity contribution in [3.05, 3.63) is 29.5 Å². The van der Waals surface area contributed by atoms with E-state index in [9.17, 15) is 4.79 Å². The van der Waals surface area contributed by atoms with Crippen molar-refractivity contribution in [1.29, 1.82) is 0 Å². The third-order valence-corrected chi connectivity index (χ3v) is 4.56. The summed E-state index contributed by atoms with van der Waals surface area (Å²) in [6.45, 7) is 9.04. The van der Waals surface area contributed by atoms with Crippen molar-refractivity contribution in [1.82, 2.24) is 15.2 Å². The number of thiazole rings is 1. The van der Waals surface area contributed by atoms with E-state index in [2.05, 4.69) is 36.0 Å². The van der Waals surface area contributed by atoms with E-state index in [1.807, 2.05) is 17.5 Å². The Bertz CT molecular complexity index is 576. The number of hydrogen-bond acceptors (Lipinski definition) is 5. The zero-order valence-electron chi connectivity index (χ0n) is 13.3. The Morgan fingerprint density at radius 3 is 2.86 bits per heavy atom. The zero-order valence-corrected chi connectivity index (χ0v) is 14.2. The molecule has 0 aliphatic heterocycles. The standard InChI is InChI=1S/C16H23N3O2S/c1-4-19(5-2)12(3)10-17-15(20)9-13-11-22-16(18-13)14-7-6-8-21-14/h6-8,11-12H,4-5,9-10H2,1-3H3,(H,17,20)/t12-/m1/s1. The van der Waals surface area contributed by atoms with E-state index >= 15 is 0 Å². The van der Waals surface area contributed by atoms with Gasteiger partial charge in [-0.1, -0.05) is 13.8 Å². The van der Waals surface area contributed by atoms with E-state index in [0.717, 1.165) is 29.6 Å². The molecule has 0 saturated heterocycles. The van der Waals surface area contributed by atoms with E-state index < -0.39 is 0 Å². The van der Waals surface area contributed by atoms with Gasteiger partial charge in [0.1, 0.15) is 0 Å². The average molecular weight is 321 g/mol. The first-order valence-corrected chi connectivity index (χ1v) is 8.51. The minimum atomic E-state index is 0.00954. The molecular weight excluding hydrogens is 298 g/mol. The molecule has 5 nitrogen and oxygen atoms in total. The lowest BCUT2D eigenvalue weighted by Gasteiger charge is -2.26. The van der Waals surface area contributed by atoms with E-state index in [1.54, 1.807) is 6.26 Å². The first-order valence-electron chi connectivity index (χ1n) is 7.63. The third-order valence-electron chi connectivity index (χ3n) is 3.66. The molecule has 2 aromatic heterocycles. The summed E-state index contributed by atoms with van der Waals surface area (Å²) in [7, 11) is 0. The monoisotopic (exact) mass is 321 g/mol. The number of amides is 1. The highest BCUT2D eigenvalue weighted by molar-refractivity contribution is 7.13. The minimum Gasteiger partial charge on any atom is -0.462 e. The van der Waals surface area contributed by atoms with Crippen LogP contribution in [0.25, 0.3) is 10.8 Å². The van der Waals surface area contributed by atoms with Gasteiger partial charge in [0.25, 0.3) is 0 Å². The number of aromatic nitrogens is 1. The highest BCUT2D eigenvalue weighted by atomic mass is 32.1. The maximum atomic E-state index is 12.0. The Morgan fingerprint density at radius 2 is 2.23 bits per heavy atom. The molecule has 6 heteroatoms. The van der Waals surface area contributed by atoms with E-state index in [1.165, 1.54) is 11.3 Å². The van der Waals surface area contributed by atoms with Crippen LogP contribution in [0, 0.1) is 0 Å². The van der Waals surface area contributed by atoms with Gasteiger partial charge in [0.05, 0.1) is 18.4 Å². The quantitative estimate of drug-likeness (QED) is 0.812. The minimum absolute atomic E-state index is 0.00954. The first-order chi connectivity index (χ1) is 10.6. The van der Waals surface area contributed by atoms with Gasteiger partial charge >= 0.3 is 0 Å².